The van der Waals surface area contributed by atoms with Crippen LogP contribution in [0.5, 0.6) is 0 Å². The van der Waals surface area contributed by atoms with Gasteiger partial charge in [-0.3, -0.25) is 0 Å². The number of nitrogens with one attached hydrogen (secondary N) is 2. The molecule has 84 valence electrons. The van der Waals surface area contributed by atoms with Crippen LogP contribution >= 0.6 is 11.6 Å². The molecular formula is C10H12ClN5. The zero-order valence-corrected chi connectivity index (χ0v) is 9.67. The third kappa shape index (κ3) is 3.24. The predicted molar refractivity (Wildman–Crippen MR) is 63.4 cm³/mol. The van der Waals surface area contributed by atoms with E-state index in [0.29, 0.717) is 24.5 Å². The average Bonchev–Trinajstić information content (AvgIpc) is 3.01. The molecule has 0 spiro atoms. The molecule has 2 N–H and O–H groups in total. The fraction of sp³-hybridized carbons (Fsp3) is 0.500. The Morgan fingerprint density at radius 3 is 2.75 bits per heavy atom. The van der Waals surface area contributed by atoms with E-state index in [1.165, 1.54) is 0 Å². The van der Waals surface area contributed by atoms with E-state index in [2.05, 4.69) is 37.4 Å². The summed E-state index contributed by atoms with van der Waals surface area (Å²) in [5, 5.41) is 6.31. The van der Waals surface area contributed by atoms with E-state index in [-0.39, 0.29) is 5.28 Å². The maximum Gasteiger partial charge on any atom is 0.229 e. The van der Waals surface area contributed by atoms with Gasteiger partial charge in [0.05, 0.1) is 6.54 Å². The Labute approximate surface area is 99.0 Å². The number of halogens is 1. The van der Waals surface area contributed by atoms with Gasteiger partial charge in [-0.05, 0) is 31.4 Å². The second-order valence-electron chi connectivity index (χ2n) is 3.45. The molecule has 1 aliphatic rings. The molecule has 0 aromatic carbocycles. The standard InChI is InChI=1S/C10H12ClN5/c1-2-3-6-12-9-14-8(11)15-10(16-9)13-7-4-5-7/h7H,4-6H2,1H3,(H2,12,13,14,15,16). The van der Waals surface area contributed by atoms with Crippen molar-refractivity contribution in [3.05, 3.63) is 5.28 Å². The minimum atomic E-state index is 0.185. The summed E-state index contributed by atoms with van der Waals surface area (Å²) < 4.78 is 0. The maximum atomic E-state index is 5.79. The van der Waals surface area contributed by atoms with Gasteiger partial charge in [0.2, 0.25) is 17.2 Å². The van der Waals surface area contributed by atoms with E-state index in [1.807, 2.05) is 0 Å². The Kier molecular flexibility index (Phi) is 3.42. The molecule has 0 bridgehead atoms. The molecule has 1 saturated carbocycles. The lowest BCUT2D eigenvalue weighted by Crippen LogP contribution is -2.10. The molecule has 0 unspecified atom stereocenters. The number of hydrogen-bond acceptors (Lipinski definition) is 5. The van der Waals surface area contributed by atoms with Crippen LogP contribution in [0.25, 0.3) is 0 Å². The zero-order chi connectivity index (χ0) is 11.4. The van der Waals surface area contributed by atoms with Crippen molar-refractivity contribution in [2.24, 2.45) is 0 Å². The fourth-order valence-corrected chi connectivity index (χ4v) is 1.28. The highest BCUT2D eigenvalue weighted by Gasteiger charge is 2.22. The average molecular weight is 238 g/mol. The highest BCUT2D eigenvalue weighted by Crippen LogP contribution is 2.23. The van der Waals surface area contributed by atoms with E-state index in [1.54, 1.807) is 6.92 Å². The summed E-state index contributed by atoms with van der Waals surface area (Å²) in [4.78, 5) is 12.1. The Balaban J connectivity index is 2.03. The zero-order valence-electron chi connectivity index (χ0n) is 8.92. The summed E-state index contributed by atoms with van der Waals surface area (Å²) in [6.07, 6.45) is 2.32. The van der Waals surface area contributed by atoms with Crippen LogP contribution in [-0.4, -0.2) is 27.5 Å². The van der Waals surface area contributed by atoms with Crippen molar-refractivity contribution in [1.82, 2.24) is 15.0 Å². The van der Waals surface area contributed by atoms with Crippen LogP contribution in [0, 0.1) is 11.8 Å². The number of nitrogens with zero attached hydrogens (tertiary/aromatic N) is 3. The molecule has 5 nitrogen and oxygen atoms in total. The number of rotatable bonds is 4. The summed E-state index contributed by atoms with van der Waals surface area (Å²) in [5.41, 5.74) is 0. The monoisotopic (exact) mass is 237 g/mol. The lowest BCUT2D eigenvalue weighted by atomic mass is 10.6. The van der Waals surface area contributed by atoms with Crippen molar-refractivity contribution >= 4 is 23.5 Å². The van der Waals surface area contributed by atoms with E-state index >= 15 is 0 Å². The van der Waals surface area contributed by atoms with Crippen LogP contribution in [0.1, 0.15) is 19.8 Å². The second kappa shape index (κ2) is 4.99. The van der Waals surface area contributed by atoms with Crippen LogP contribution in [0.3, 0.4) is 0 Å². The lowest BCUT2D eigenvalue weighted by Gasteiger charge is -2.05. The van der Waals surface area contributed by atoms with E-state index in [9.17, 15) is 0 Å². The van der Waals surface area contributed by atoms with Crippen LogP contribution < -0.4 is 10.6 Å². The van der Waals surface area contributed by atoms with Gasteiger partial charge >= 0.3 is 0 Å². The van der Waals surface area contributed by atoms with Crippen molar-refractivity contribution in [2.75, 3.05) is 17.2 Å². The van der Waals surface area contributed by atoms with Crippen molar-refractivity contribution < 1.29 is 0 Å². The normalized spacial score (nSPS) is 13.9. The molecule has 0 radical (unpaired) electrons. The first kappa shape index (κ1) is 11.0. The molecule has 16 heavy (non-hydrogen) atoms. The summed E-state index contributed by atoms with van der Waals surface area (Å²) in [6, 6.07) is 0.488. The third-order valence-electron chi connectivity index (χ3n) is 2.03. The Morgan fingerprint density at radius 2 is 2.06 bits per heavy atom. The van der Waals surface area contributed by atoms with Crippen molar-refractivity contribution in [3.63, 3.8) is 0 Å². The number of aromatic nitrogens is 3. The minimum Gasteiger partial charge on any atom is -0.351 e. The maximum absolute atomic E-state index is 5.79. The molecule has 0 aliphatic heterocycles. The fourth-order valence-electron chi connectivity index (χ4n) is 1.12. The summed E-state index contributed by atoms with van der Waals surface area (Å²) in [7, 11) is 0. The topological polar surface area (TPSA) is 62.7 Å². The van der Waals surface area contributed by atoms with Gasteiger partial charge in [-0.2, -0.15) is 15.0 Å². The smallest absolute Gasteiger partial charge is 0.229 e. The Morgan fingerprint density at radius 1 is 1.31 bits per heavy atom. The molecule has 1 aliphatic carbocycles. The van der Waals surface area contributed by atoms with Crippen LogP contribution in [-0.2, 0) is 0 Å². The first-order valence-corrected chi connectivity index (χ1v) is 5.47. The van der Waals surface area contributed by atoms with Gasteiger partial charge in [0, 0.05) is 6.04 Å². The largest absolute Gasteiger partial charge is 0.351 e. The highest BCUT2D eigenvalue weighted by molar-refractivity contribution is 6.28. The molecule has 1 fully saturated rings. The first-order valence-electron chi connectivity index (χ1n) is 5.09. The van der Waals surface area contributed by atoms with Gasteiger partial charge in [-0.25, -0.2) is 0 Å². The minimum absolute atomic E-state index is 0.185. The molecule has 0 atom stereocenters. The van der Waals surface area contributed by atoms with Gasteiger partial charge in [0.15, 0.2) is 0 Å². The summed E-state index contributed by atoms with van der Waals surface area (Å²) in [5.74, 6) is 6.61. The SMILES string of the molecule is CC#CCNc1nc(Cl)nc(NC2CC2)n1. The van der Waals surface area contributed by atoms with Crippen LogP contribution in [0.4, 0.5) is 11.9 Å². The number of hydrogen-bond donors (Lipinski definition) is 2. The molecule has 6 heteroatoms. The van der Waals surface area contributed by atoms with Crippen molar-refractivity contribution in [2.45, 2.75) is 25.8 Å². The summed E-state index contributed by atoms with van der Waals surface area (Å²) >= 11 is 5.79. The van der Waals surface area contributed by atoms with Gasteiger partial charge in [0.1, 0.15) is 0 Å². The number of anilines is 2. The first-order chi connectivity index (χ1) is 7.78. The van der Waals surface area contributed by atoms with Crippen LogP contribution in [0.2, 0.25) is 5.28 Å². The molecule has 1 aromatic rings. The molecule has 0 saturated heterocycles. The summed E-state index contributed by atoms with van der Waals surface area (Å²) in [6.45, 7) is 2.28. The molecular weight excluding hydrogens is 226 g/mol. The van der Waals surface area contributed by atoms with Gasteiger partial charge in [-0.15, -0.1) is 5.92 Å². The van der Waals surface area contributed by atoms with Gasteiger partial charge < -0.3 is 10.6 Å². The third-order valence-corrected chi connectivity index (χ3v) is 2.20. The van der Waals surface area contributed by atoms with Crippen molar-refractivity contribution in [3.8, 4) is 11.8 Å². The predicted octanol–water partition coefficient (Wildman–Crippen LogP) is 1.53. The quantitative estimate of drug-likeness (QED) is 0.778. The van der Waals surface area contributed by atoms with Gasteiger partial charge in [-0.1, -0.05) is 5.92 Å². The van der Waals surface area contributed by atoms with E-state index in [4.69, 9.17) is 11.6 Å². The van der Waals surface area contributed by atoms with Crippen LogP contribution in [0.15, 0.2) is 0 Å². The lowest BCUT2D eigenvalue weighted by molar-refractivity contribution is 0.996. The highest BCUT2D eigenvalue weighted by atomic mass is 35.5. The second-order valence-corrected chi connectivity index (χ2v) is 3.79. The van der Waals surface area contributed by atoms with E-state index < -0.39 is 0 Å². The molecule has 2 rings (SSSR count). The molecule has 1 heterocycles. The Bertz CT molecular complexity index is 433. The van der Waals surface area contributed by atoms with Crippen molar-refractivity contribution in [1.29, 1.82) is 0 Å². The molecule has 1 aromatic heterocycles. The van der Waals surface area contributed by atoms with Gasteiger partial charge in [0.25, 0.3) is 0 Å². The Hall–Kier alpha value is -1.54. The van der Waals surface area contributed by atoms with E-state index in [0.717, 1.165) is 12.8 Å². The molecule has 0 amide bonds.